The van der Waals surface area contributed by atoms with E-state index >= 15 is 0 Å². The third kappa shape index (κ3) is 4.62. The fourth-order valence-electron chi connectivity index (χ4n) is 1.14. The van der Waals surface area contributed by atoms with E-state index in [1.807, 2.05) is 0 Å². The van der Waals surface area contributed by atoms with Crippen molar-refractivity contribution in [3.05, 3.63) is 19.4 Å². The van der Waals surface area contributed by atoms with Gasteiger partial charge >= 0.3 is 0 Å². The molecule has 73 valence electrons. The highest BCUT2D eigenvalue weighted by molar-refractivity contribution is 4.71. The number of ether oxygens (including phenoxy) is 1. The first-order valence-electron chi connectivity index (χ1n) is 4.55. The van der Waals surface area contributed by atoms with Crippen LogP contribution in [0.5, 0.6) is 0 Å². The van der Waals surface area contributed by atoms with Gasteiger partial charge in [0.15, 0.2) is 0 Å². The molecule has 0 bridgehead atoms. The van der Waals surface area contributed by atoms with Crippen molar-refractivity contribution in [2.75, 3.05) is 6.61 Å². The van der Waals surface area contributed by atoms with Crippen LogP contribution in [-0.4, -0.2) is 16.8 Å². The van der Waals surface area contributed by atoms with Crippen LogP contribution < -0.4 is 0 Å². The molecule has 4 nitrogen and oxygen atoms in total. The Labute approximate surface area is 78.3 Å². The fraction of sp³-hybridized carbons (Fsp3) is 0.667. The molecule has 0 saturated carbocycles. The molecule has 0 N–H and O–H groups in total. The lowest BCUT2D eigenvalue weighted by atomic mass is 10.1. The van der Waals surface area contributed by atoms with E-state index in [1.165, 1.54) is 19.2 Å². The van der Waals surface area contributed by atoms with Crippen LogP contribution in [0.3, 0.4) is 0 Å². The van der Waals surface area contributed by atoms with E-state index in [4.69, 9.17) is 9.15 Å². The second kappa shape index (κ2) is 6.60. The van der Waals surface area contributed by atoms with Crippen LogP contribution in [0.4, 0.5) is 0 Å². The lowest BCUT2D eigenvalue weighted by molar-refractivity contribution is 0.233. The molecule has 0 amide bonds. The van der Waals surface area contributed by atoms with Crippen molar-refractivity contribution in [1.82, 2.24) is 10.2 Å². The van der Waals surface area contributed by atoms with Crippen LogP contribution in [-0.2, 0) is 11.2 Å². The Balaban J connectivity index is 1.90. The monoisotopic (exact) mass is 183 g/mol. The van der Waals surface area contributed by atoms with Gasteiger partial charge in [0.1, 0.15) is 0 Å². The maximum atomic E-state index is 5.00. The molecule has 0 aliphatic heterocycles. The molecule has 0 fully saturated rings. The van der Waals surface area contributed by atoms with Gasteiger partial charge in [-0.25, -0.2) is 0 Å². The summed E-state index contributed by atoms with van der Waals surface area (Å²) >= 11 is 0. The van der Waals surface area contributed by atoms with E-state index in [9.17, 15) is 0 Å². The minimum Gasteiger partial charge on any atom is -0.428 e. The second-order valence-electron chi connectivity index (χ2n) is 2.90. The average molecular weight is 183 g/mol. The molecular weight excluding hydrogens is 168 g/mol. The molecule has 1 heterocycles. The normalized spacial score (nSPS) is 10.5. The van der Waals surface area contributed by atoms with Crippen molar-refractivity contribution in [2.24, 2.45) is 0 Å². The Kier molecular flexibility index (Phi) is 5.17. The van der Waals surface area contributed by atoms with Gasteiger partial charge in [-0.1, -0.05) is 12.8 Å². The van der Waals surface area contributed by atoms with Crippen LogP contribution in [0.15, 0.2) is 10.8 Å². The highest BCUT2D eigenvalue weighted by Crippen LogP contribution is 2.04. The summed E-state index contributed by atoms with van der Waals surface area (Å²) in [6, 6.07) is 0. The minimum atomic E-state index is 0.730. The van der Waals surface area contributed by atoms with Gasteiger partial charge in [0.05, 0.1) is 7.11 Å². The molecule has 0 aliphatic carbocycles. The number of aryl methyl sites for hydroxylation is 1. The molecule has 1 aromatic rings. The number of nitrogens with zero attached hydrogens (tertiary/aromatic N) is 2. The Morgan fingerprint density at radius 2 is 2.15 bits per heavy atom. The summed E-state index contributed by atoms with van der Waals surface area (Å²) in [5.41, 5.74) is 0. The van der Waals surface area contributed by atoms with Crippen molar-refractivity contribution in [1.29, 1.82) is 0 Å². The summed E-state index contributed by atoms with van der Waals surface area (Å²) < 4.78 is 9.71. The number of rotatable bonds is 7. The van der Waals surface area contributed by atoms with Gasteiger partial charge in [-0.15, -0.1) is 10.2 Å². The van der Waals surface area contributed by atoms with E-state index < -0.39 is 0 Å². The van der Waals surface area contributed by atoms with Gasteiger partial charge in [-0.2, -0.15) is 0 Å². The summed E-state index contributed by atoms with van der Waals surface area (Å²) in [4.78, 5) is 0. The van der Waals surface area contributed by atoms with E-state index in [1.54, 1.807) is 0 Å². The standard InChI is InChI=1S/C9H15N2O2/c1-12-7-5-3-2-4-6-9-11-10-8-13-9/h8H,1-7H2. The Hall–Kier alpha value is -0.900. The minimum absolute atomic E-state index is 0.730. The summed E-state index contributed by atoms with van der Waals surface area (Å²) in [7, 11) is 3.31. The van der Waals surface area contributed by atoms with Gasteiger partial charge < -0.3 is 9.15 Å². The van der Waals surface area contributed by atoms with E-state index in [0.29, 0.717) is 0 Å². The Morgan fingerprint density at radius 3 is 2.85 bits per heavy atom. The van der Waals surface area contributed by atoms with Crippen LogP contribution in [0.25, 0.3) is 0 Å². The molecule has 0 saturated heterocycles. The Morgan fingerprint density at radius 1 is 1.31 bits per heavy atom. The molecule has 0 atom stereocenters. The van der Waals surface area contributed by atoms with Gasteiger partial charge in [0.2, 0.25) is 12.3 Å². The molecule has 0 spiro atoms. The van der Waals surface area contributed by atoms with E-state index in [2.05, 4.69) is 17.3 Å². The van der Waals surface area contributed by atoms with Gasteiger partial charge in [-0.3, -0.25) is 0 Å². The van der Waals surface area contributed by atoms with E-state index in [-0.39, 0.29) is 0 Å². The van der Waals surface area contributed by atoms with Crippen molar-refractivity contribution in [3.63, 3.8) is 0 Å². The quantitative estimate of drug-likeness (QED) is 0.606. The zero-order valence-electron chi connectivity index (χ0n) is 7.74. The zero-order chi connectivity index (χ0) is 9.36. The van der Waals surface area contributed by atoms with Gasteiger partial charge in [0, 0.05) is 13.0 Å². The largest absolute Gasteiger partial charge is 0.428 e. The predicted octanol–water partition coefficient (Wildman–Crippen LogP) is 1.98. The van der Waals surface area contributed by atoms with Crippen molar-refractivity contribution >= 4 is 0 Å². The van der Waals surface area contributed by atoms with Gasteiger partial charge in [0.25, 0.3) is 0 Å². The molecule has 1 aromatic heterocycles. The van der Waals surface area contributed by atoms with E-state index in [0.717, 1.165) is 31.8 Å². The van der Waals surface area contributed by atoms with Gasteiger partial charge in [-0.05, 0) is 12.8 Å². The third-order valence-electron chi connectivity index (χ3n) is 1.83. The smallest absolute Gasteiger partial charge is 0.216 e. The maximum Gasteiger partial charge on any atom is 0.216 e. The number of unbranched alkanes of at least 4 members (excludes halogenated alkanes) is 3. The second-order valence-corrected chi connectivity index (χ2v) is 2.90. The van der Waals surface area contributed by atoms with Crippen molar-refractivity contribution < 1.29 is 9.15 Å². The van der Waals surface area contributed by atoms with Crippen LogP contribution in [0.1, 0.15) is 31.6 Å². The first kappa shape index (κ1) is 10.2. The number of hydrogen-bond acceptors (Lipinski definition) is 4. The molecule has 13 heavy (non-hydrogen) atoms. The number of hydrogen-bond donors (Lipinski definition) is 0. The molecule has 1 radical (unpaired) electrons. The highest BCUT2D eigenvalue weighted by atomic mass is 16.5. The van der Waals surface area contributed by atoms with Crippen LogP contribution in [0, 0.1) is 7.11 Å². The summed E-state index contributed by atoms with van der Waals surface area (Å²) in [6.45, 7) is 0.751. The SMILES string of the molecule is [CH2]OCCCCCCc1nnco1. The summed E-state index contributed by atoms with van der Waals surface area (Å²) in [6.07, 6.45) is 6.76. The topological polar surface area (TPSA) is 48.2 Å². The lowest BCUT2D eigenvalue weighted by Gasteiger charge is -1.98. The lowest BCUT2D eigenvalue weighted by Crippen LogP contribution is -1.89. The summed E-state index contributed by atoms with van der Waals surface area (Å²) in [5, 5.41) is 7.40. The average Bonchev–Trinajstić information content (AvgIpc) is 2.63. The zero-order valence-corrected chi connectivity index (χ0v) is 7.74. The summed E-state index contributed by atoms with van der Waals surface area (Å²) in [5.74, 6) is 0.730. The molecule has 0 aliphatic rings. The number of aromatic nitrogens is 2. The first-order valence-corrected chi connectivity index (χ1v) is 4.55. The maximum absolute atomic E-state index is 5.00. The molecule has 4 heteroatoms. The highest BCUT2D eigenvalue weighted by Gasteiger charge is 1.97. The van der Waals surface area contributed by atoms with Crippen molar-refractivity contribution in [2.45, 2.75) is 32.1 Å². The molecule has 0 aromatic carbocycles. The van der Waals surface area contributed by atoms with Crippen LogP contribution >= 0.6 is 0 Å². The van der Waals surface area contributed by atoms with Crippen LogP contribution in [0.2, 0.25) is 0 Å². The molecular formula is C9H15N2O2. The first-order chi connectivity index (χ1) is 6.43. The predicted molar refractivity (Wildman–Crippen MR) is 47.8 cm³/mol. The molecule has 1 rings (SSSR count). The van der Waals surface area contributed by atoms with Crippen molar-refractivity contribution in [3.8, 4) is 0 Å². The third-order valence-corrected chi connectivity index (χ3v) is 1.83. The fourth-order valence-corrected chi connectivity index (χ4v) is 1.14. The molecule has 0 unspecified atom stereocenters. The Bertz CT molecular complexity index is 199.